The van der Waals surface area contributed by atoms with Gasteiger partial charge < -0.3 is 4.52 Å². The van der Waals surface area contributed by atoms with E-state index in [1.54, 1.807) is 31.8 Å². The fourth-order valence-electron chi connectivity index (χ4n) is 3.87. The second-order valence-corrected chi connectivity index (χ2v) is 11.8. The SMILES string of the molecule is CCOP(C)(=O)C(CCN(OCc1ccc(-c2ccccc2)cc1)C(C)=O)c1ccc(Cl)c(Cl)c1. The van der Waals surface area contributed by atoms with E-state index in [1.165, 1.54) is 12.0 Å². The molecule has 186 valence electrons. The average molecular weight is 534 g/mol. The van der Waals surface area contributed by atoms with E-state index in [1.807, 2.05) is 42.5 Å². The summed E-state index contributed by atoms with van der Waals surface area (Å²) in [5.74, 6) is -0.235. The zero-order valence-corrected chi connectivity index (χ0v) is 22.5. The van der Waals surface area contributed by atoms with Crippen LogP contribution in [0.15, 0.2) is 72.8 Å². The number of nitrogens with zero attached hydrogens (tertiary/aromatic N) is 1. The summed E-state index contributed by atoms with van der Waals surface area (Å²) in [5.41, 5.74) is 3.47. The predicted octanol–water partition coefficient (Wildman–Crippen LogP) is 8.02. The smallest absolute Gasteiger partial charge is 0.243 e. The quantitative estimate of drug-likeness (QED) is 0.185. The Morgan fingerprint density at radius 3 is 2.23 bits per heavy atom. The Balaban J connectivity index is 1.69. The van der Waals surface area contributed by atoms with Gasteiger partial charge in [-0.1, -0.05) is 83.9 Å². The van der Waals surface area contributed by atoms with Crippen LogP contribution in [0.3, 0.4) is 0 Å². The van der Waals surface area contributed by atoms with Crippen LogP contribution in [0.25, 0.3) is 11.1 Å². The van der Waals surface area contributed by atoms with Gasteiger partial charge in [-0.15, -0.1) is 0 Å². The maximum absolute atomic E-state index is 13.4. The number of carbonyl (C=O) groups excluding carboxylic acids is 1. The van der Waals surface area contributed by atoms with Gasteiger partial charge in [0.25, 0.3) is 0 Å². The van der Waals surface area contributed by atoms with Gasteiger partial charge in [0, 0.05) is 20.1 Å². The van der Waals surface area contributed by atoms with E-state index in [4.69, 9.17) is 32.6 Å². The van der Waals surface area contributed by atoms with Crippen LogP contribution in [0.1, 0.15) is 37.1 Å². The first-order valence-corrected chi connectivity index (χ1v) is 14.3. The van der Waals surface area contributed by atoms with Crippen molar-refractivity contribution in [2.24, 2.45) is 0 Å². The van der Waals surface area contributed by atoms with Crippen molar-refractivity contribution in [3.8, 4) is 11.1 Å². The Labute approximate surface area is 217 Å². The highest BCUT2D eigenvalue weighted by Crippen LogP contribution is 2.59. The fourth-order valence-corrected chi connectivity index (χ4v) is 6.15. The molecule has 1 amide bonds. The monoisotopic (exact) mass is 533 g/mol. The van der Waals surface area contributed by atoms with Crippen molar-refractivity contribution < 1.29 is 18.7 Å². The third-order valence-corrected chi connectivity index (χ3v) is 8.88. The Bertz CT molecular complexity index is 1170. The number of hydrogen-bond acceptors (Lipinski definition) is 4. The van der Waals surface area contributed by atoms with Gasteiger partial charge in [-0.2, -0.15) is 0 Å². The first kappa shape index (κ1) is 27.4. The van der Waals surface area contributed by atoms with Gasteiger partial charge in [0.2, 0.25) is 13.3 Å². The van der Waals surface area contributed by atoms with E-state index in [-0.39, 0.29) is 19.1 Å². The standard InChI is InChI=1S/C27H30Cl2NO4P/c1-4-34-35(3,32)27(24-14-15-25(28)26(29)18-24)16-17-30(20(2)31)33-19-21-10-12-23(13-11-21)22-8-6-5-7-9-22/h5-15,18,27H,4,16-17,19H2,1-3H3. The Morgan fingerprint density at radius 2 is 1.63 bits per heavy atom. The largest absolute Gasteiger partial charge is 0.329 e. The summed E-state index contributed by atoms with van der Waals surface area (Å²) >= 11 is 12.3. The van der Waals surface area contributed by atoms with E-state index in [0.717, 1.165) is 22.3 Å². The summed E-state index contributed by atoms with van der Waals surface area (Å²) in [6, 6.07) is 23.3. The predicted molar refractivity (Wildman–Crippen MR) is 143 cm³/mol. The molecule has 2 unspecified atom stereocenters. The molecule has 0 N–H and O–H groups in total. The fraction of sp³-hybridized carbons (Fsp3) is 0.296. The Kier molecular flexibility index (Phi) is 9.97. The van der Waals surface area contributed by atoms with Gasteiger partial charge in [-0.05, 0) is 47.7 Å². The van der Waals surface area contributed by atoms with Crippen LogP contribution in [0.2, 0.25) is 10.0 Å². The van der Waals surface area contributed by atoms with Crippen LogP contribution in [0.5, 0.6) is 0 Å². The highest BCUT2D eigenvalue weighted by Gasteiger charge is 2.31. The first-order valence-electron chi connectivity index (χ1n) is 11.4. The van der Waals surface area contributed by atoms with Gasteiger partial charge >= 0.3 is 0 Å². The highest BCUT2D eigenvalue weighted by molar-refractivity contribution is 7.58. The van der Waals surface area contributed by atoms with E-state index in [2.05, 4.69) is 12.1 Å². The minimum Gasteiger partial charge on any atom is -0.329 e. The first-order chi connectivity index (χ1) is 16.7. The molecule has 0 spiro atoms. The molecule has 0 heterocycles. The average Bonchev–Trinajstić information content (AvgIpc) is 2.83. The van der Waals surface area contributed by atoms with Crippen molar-refractivity contribution in [2.75, 3.05) is 19.8 Å². The lowest BCUT2D eigenvalue weighted by Crippen LogP contribution is -2.30. The molecule has 8 heteroatoms. The maximum Gasteiger partial charge on any atom is 0.243 e. The molecule has 0 fully saturated rings. The third-order valence-electron chi connectivity index (χ3n) is 5.68. The minimum atomic E-state index is -3.05. The second-order valence-electron chi connectivity index (χ2n) is 8.26. The lowest BCUT2D eigenvalue weighted by atomic mass is 10.0. The lowest BCUT2D eigenvalue weighted by Gasteiger charge is -2.28. The zero-order chi connectivity index (χ0) is 25.4. The van der Waals surface area contributed by atoms with Gasteiger partial charge in [-0.3, -0.25) is 14.2 Å². The van der Waals surface area contributed by atoms with E-state index in [9.17, 15) is 9.36 Å². The van der Waals surface area contributed by atoms with Crippen molar-refractivity contribution >= 4 is 36.5 Å². The highest BCUT2D eigenvalue weighted by atomic mass is 35.5. The number of halogens is 2. The maximum atomic E-state index is 13.4. The van der Waals surface area contributed by atoms with E-state index < -0.39 is 13.0 Å². The van der Waals surface area contributed by atoms with Gasteiger partial charge in [-0.25, -0.2) is 5.06 Å². The van der Waals surface area contributed by atoms with Crippen LogP contribution in [0, 0.1) is 0 Å². The molecule has 0 saturated carbocycles. The molecule has 0 saturated heterocycles. The molecule has 35 heavy (non-hydrogen) atoms. The lowest BCUT2D eigenvalue weighted by molar-refractivity contribution is -0.189. The molecular weight excluding hydrogens is 504 g/mol. The molecule has 0 aliphatic heterocycles. The summed E-state index contributed by atoms with van der Waals surface area (Å²) in [6.07, 6.45) is 0.373. The molecule has 3 rings (SSSR count). The molecule has 0 radical (unpaired) electrons. The van der Waals surface area contributed by atoms with Gasteiger partial charge in [0.05, 0.1) is 22.3 Å². The molecule has 5 nitrogen and oxygen atoms in total. The summed E-state index contributed by atoms with van der Waals surface area (Å²) in [6.45, 7) is 5.65. The van der Waals surface area contributed by atoms with Crippen LogP contribution < -0.4 is 0 Å². The molecule has 0 aromatic heterocycles. The Hall–Kier alpha value is -2.14. The van der Waals surface area contributed by atoms with Crippen LogP contribution in [-0.2, 0) is 25.3 Å². The normalized spacial score (nSPS) is 13.7. The molecule has 3 aromatic rings. The van der Waals surface area contributed by atoms with E-state index >= 15 is 0 Å². The molecule has 0 aliphatic carbocycles. The second kappa shape index (κ2) is 12.7. The van der Waals surface area contributed by atoms with Crippen molar-refractivity contribution in [1.29, 1.82) is 0 Å². The van der Waals surface area contributed by atoms with Crippen LogP contribution in [-0.4, -0.2) is 30.8 Å². The third kappa shape index (κ3) is 7.67. The number of amides is 1. The molecular formula is C27H30Cl2NO4P. The molecule has 3 aromatic carbocycles. The summed E-state index contributed by atoms with van der Waals surface area (Å²) < 4.78 is 19.0. The summed E-state index contributed by atoms with van der Waals surface area (Å²) in [7, 11) is -3.05. The van der Waals surface area contributed by atoms with Crippen molar-refractivity contribution in [1.82, 2.24) is 5.06 Å². The summed E-state index contributed by atoms with van der Waals surface area (Å²) in [5, 5.41) is 2.11. The van der Waals surface area contributed by atoms with Crippen molar-refractivity contribution in [2.45, 2.75) is 32.5 Å². The van der Waals surface area contributed by atoms with Gasteiger partial charge in [0.15, 0.2) is 0 Å². The van der Waals surface area contributed by atoms with E-state index in [0.29, 0.717) is 23.1 Å². The molecule has 2 atom stereocenters. The summed E-state index contributed by atoms with van der Waals surface area (Å²) in [4.78, 5) is 18.1. The Morgan fingerprint density at radius 1 is 0.971 bits per heavy atom. The minimum absolute atomic E-state index is 0.235. The van der Waals surface area contributed by atoms with Crippen LogP contribution in [0.4, 0.5) is 0 Å². The topological polar surface area (TPSA) is 55.8 Å². The number of rotatable bonds is 11. The van der Waals surface area contributed by atoms with Crippen molar-refractivity contribution in [3.63, 3.8) is 0 Å². The molecule has 0 bridgehead atoms. The zero-order valence-electron chi connectivity index (χ0n) is 20.1. The molecule has 0 aliphatic rings. The van der Waals surface area contributed by atoms with Gasteiger partial charge in [0.1, 0.15) is 6.61 Å². The number of hydroxylamine groups is 2. The number of hydrogen-bond donors (Lipinski definition) is 0. The number of benzene rings is 3. The van der Waals surface area contributed by atoms with Crippen LogP contribution >= 0.6 is 30.6 Å². The van der Waals surface area contributed by atoms with Crippen molar-refractivity contribution in [3.05, 3.63) is 94.0 Å². The number of carbonyl (C=O) groups is 1.